The Morgan fingerprint density at radius 1 is 1.41 bits per heavy atom. The lowest BCUT2D eigenvalue weighted by Gasteiger charge is -1.98. The maximum atomic E-state index is 12.7. The van der Waals surface area contributed by atoms with Crippen LogP contribution in [0.1, 0.15) is 10.5 Å². The normalized spacial score (nSPS) is 10.2. The van der Waals surface area contributed by atoms with Gasteiger partial charge in [-0.2, -0.15) is 0 Å². The summed E-state index contributed by atoms with van der Waals surface area (Å²) in [5.74, 6) is -1.25. The standard InChI is InChI=1S/C10H8FN3O3/c1-17-10(16)8-9(15)14(13-12-8)7-4-2-6(11)3-5-7/h2-5,13H,1H3. The van der Waals surface area contributed by atoms with Crippen molar-refractivity contribution in [1.82, 2.24) is 15.0 Å². The van der Waals surface area contributed by atoms with Gasteiger partial charge in [-0.15, -0.1) is 5.10 Å². The number of rotatable bonds is 2. The average molecular weight is 237 g/mol. The SMILES string of the molecule is COC(=O)c1n[nH]n(-c2ccc(F)cc2)c1=O. The van der Waals surface area contributed by atoms with Crippen LogP contribution in [0.2, 0.25) is 0 Å². The Kier molecular flexibility index (Phi) is 2.73. The van der Waals surface area contributed by atoms with Crippen molar-refractivity contribution in [1.29, 1.82) is 0 Å². The number of nitrogens with one attached hydrogen (secondary N) is 1. The number of nitrogens with zero attached hydrogens (tertiary/aromatic N) is 2. The molecule has 0 spiro atoms. The molecule has 17 heavy (non-hydrogen) atoms. The number of benzene rings is 1. The van der Waals surface area contributed by atoms with Crippen LogP contribution in [0.4, 0.5) is 4.39 Å². The number of methoxy groups -OCH3 is 1. The van der Waals surface area contributed by atoms with E-state index in [1.54, 1.807) is 0 Å². The van der Waals surface area contributed by atoms with E-state index in [0.29, 0.717) is 5.69 Å². The highest BCUT2D eigenvalue weighted by atomic mass is 19.1. The summed E-state index contributed by atoms with van der Waals surface area (Å²) in [6, 6.07) is 5.16. The second-order valence-corrected chi connectivity index (χ2v) is 3.17. The number of halogens is 1. The van der Waals surface area contributed by atoms with Gasteiger partial charge < -0.3 is 4.74 Å². The number of esters is 1. The number of aromatic nitrogens is 3. The minimum Gasteiger partial charge on any atom is -0.464 e. The van der Waals surface area contributed by atoms with Crippen LogP contribution < -0.4 is 5.56 Å². The molecule has 0 aliphatic heterocycles. The molecule has 6 nitrogen and oxygen atoms in total. The van der Waals surface area contributed by atoms with E-state index in [0.717, 1.165) is 11.8 Å². The van der Waals surface area contributed by atoms with Crippen molar-refractivity contribution in [3.63, 3.8) is 0 Å². The summed E-state index contributed by atoms with van der Waals surface area (Å²) in [5, 5.41) is 5.90. The Hall–Kier alpha value is -2.44. The minimum absolute atomic E-state index is 0.350. The summed E-state index contributed by atoms with van der Waals surface area (Å²) in [6.45, 7) is 0. The second-order valence-electron chi connectivity index (χ2n) is 3.17. The van der Waals surface area contributed by atoms with Crippen molar-refractivity contribution < 1.29 is 13.9 Å². The molecule has 1 aromatic carbocycles. The van der Waals surface area contributed by atoms with Gasteiger partial charge in [0, 0.05) is 0 Å². The Bertz CT molecular complexity index is 600. The molecule has 2 rings (SSSR count). The van der Waals surface area contributed by atoms with Crippen LogP contribution in [-0.2, 0) is 4.74 Å². The fourth-order valence-corrected chi connectivity index (χ4v) is 1.29. The molecule has 1 heterocycles. The molecule has 0 unspecified atom stereocenters. The third-order valence-corrected chi connectivity index (χ3v) is 2.13. The third-order valence-electron chi connectivity index (χ3n) is 2.13. The topological polar surface area (TPSA) is 77.0 Å². The summed E-state index contributed by atoms with van der Waals surface area (Å²) in [4.78, 5) is 22.9. The third kappa shape index (κ3) is 1.94. The fourth-order valence-electron chi connectivity index (χ4n) is 1.29. The van der Waals surface area contributed by atoms with Crippen LogP contribution in [0, 0.1) is 5.82 Å². The lowest BCUT2D eigenvalue weighted by atomic mass is 10.3. The van der Waals surface area contributed by atoms with Gasteiger partial charge in [0.05, 0.1) is 12.8 Å². The van der Waals surface area contributed by atoms with Crippen molar-refractivity contribution in [2.75, 3.05) is 7.11 Å². The van der Waals surface area contributed by atoms with Crippen molar-refractivity contribution in [3.8, 4) is 5.69 Å². The van der Waals surface area contributed by atoms with Crippen LogP contribution in [0.15, 0.2) is 29.1 Å². The van der Waals surface area contributed by atoms with Crippen LogP contribution in [-0.4, -0.2) is 28.1 Å². The highest BCUT2D eigenvalue weighted by molar-refractivity contribution is 5.86. The molecular formula is C10H8FN3O3. The van der Waals surface area contributed by atoms with Gasteiger partial charge in [-0.05, 0) is 24.3 Å². The minimum atomic E-state index is -0.827. The molecule has 0 aliphatic carbocycles. The van der Waals surface area contributed by atoms with E-state index < -0.39 is 17.3 Å². The molecule has 0 radical (unpaired) electrons. The number of H-pyrrole nitrogens is 1. The summed E-state index contributed by atoms with van der Waals surface area (Å²) in [5.41, 5.74) is -0.626. The van der Waals surface area contributed by atoms with Gasteiger partial charge in [0.1, 0.15) is 5.82 Å². The van der Waals surface area contributed by atoms with Gasteiger partial charge in [0.25, 0.3) is 0 Å². The number of hydrogen-bond donors (Lipinski definition) is 1. The molecule has 0 bridgehead atoms. The van der Waals surface area contributed by atoms with Crippen molar-refractivity contribution >= 4 is 5.97 Å². The molecule has 0 aliphatic rings. The summed E-state index contributed by atoms with van der Waals surface area (Å²) in [6.07, 6.45) is 0. The molecule has 0 fully saturated rings. The van der Waals surface area contributed by atoms with Gasteiger partial charge in [0.15, 0.2) is 0 Å². The van der Waals surface area contributed by atoms with Crippen LogP contribution >= 0.6 is 0 Å². The Balaban J connectivity index is 2.48. The maximum Gasteiger partial charge on any atom is 0.364 e. The van der Waals surface area contributed by atoms with E-state index in [9.17, 15) is 14.0 Å². The van der Waals surface area contributed by atoms with Gasteiger partial charge in [-0.3, -0.25) is 4.79 Å². The van der Waals surface area contributed by atoms with E-state index >= 15 is 0 Å². The number of hydrogen-bond acceptors (Lipinski definition) is 4. The molecule has 0 amide bonds. The van der Waals surface area contributed by atoms with Gasteiger partial charge in [-0.25, -0.2) is 19.1 Å². The van der Waals surface area contributed by atoms with Crippen molar-refractivity contribution in [2.24, 2.45) is 0 Å². The summed E-state index contributed by atoms with van der Waals surface area (Å²) >= 11 is 0. The van der Waals surface area contributed by atoms with Crippen molar-refractivity contribution in [3.05, 3.63) is 46.1 Å². The van der Waals surface area contributed by atoms with Gasteiger partial charge >= 0.3 is 11.5 Å². The first-order valence-corrected chi connectivity index (χ1v) is 4.65. The number of ether oxygens (including phenoxy) is 1. The first-order valence-electron chi connectivity index (χ1n) is 4.65. The predicted molar refractivity (Wildman–Crippen MR) is 55.5 cm³/mol. The van der Waals surface area contributed by atoms with Gasteiger partial charge in [0.2, 0.25) is 5.69 Å². The van der Waals surface area contributed by atoms with Gasteiger partial charge in [-0.1, -0.05) is 0 Å². The largest absolute Gasteiger partial charge is 0.464 e. The van der Waals surface area contributed by atoms with Crippen LogP contribution in [0.3, 0.4) is 0 Å². The molecule has 1 aromatic heterocycles. The van der Waals surface area contributed by atoms with Crippen molar-refractivity contribution in [2.45, 2.75) is 0 Å². The Morgan fingerprint density at radius 2 is 2.06 bits per heavy atom. The van der Waals surface area contributed by atoms with E-state index in [-0.39, 0.29) is 5.69 Å². The monoisotopic (exact) mass is 237 g/mol. The zero-order chi connectivity index (χ0) is 12.4. The van der Waals surface area contributed by atoms with E-state index in [1.807, 2.05) is 0 Å². The van der Waals surface area contributed by atoms with Crippen LogP contribution in [0.5, 0.6) is 0 Å². The van der Waals surface area contributed by atoms with E-state index in [1.165, 1.54) is 24.3 Å². The summed E-state index contributed by atoms with van der Waals surface area (Å²) < 4.78 is 18.1. The molecule has 7 heteroatoms. The average Bonchev–Trinajstić information content (AvgIpc) is 2.71. The first kappa shape index (κ1) is 11.1. The quantitative estimate of drug-likeness (QED) is 0.771. The van der Waals surface area contributed by atoms with E-state index in [4.69, 9.17) is 0 Å². The maximum absolute atomic E-state index is 12.7. The highest BCUT2D eigenvalue weighted by Crippen LogP contribution is 2.05. The smallest absolute Gasteiger partial charge is 0.364 e. The Labute approximate surface area is 94.6 Å². The lowest BCUT2D eigenvalue weighted by molar-refractivity contribution is 0.0592. The molecule has 1 N–H and O–H groups in total. The molecule has 0 saturated carbocycles. The lowest BCUT2D eigenvalue weighted by Crippen LogP contribution is -2.21. The fraction of sp³-hybridized carbons (Fsp3) is 0.100. The number of carbonyl (C=O) groups is 1. The van der Waals surface area contributed by atoms with Crippen LogP contribution in [0.25, 0.3) is 5.69 Å². The molecule has 0 atom stereocenters. The number of aromatic amines is 1. The molecule has 0 saturated heterocycles. The zero-order valence-electron chi connectivity index (χ0n) is 8.81. The molecule has 2 aromatic rings. The van der Waals surface area contributed by atoms with E-state index in [2.05, 4.69) is 15.0 Å². The summed E-state index contributed by atoms with van der Waals surface area (Å²) in [7, 11) is 1.15. The highest BCUT2D eigenvalue weighted by Gasteiger charge is 2.17. The zero-order valence-corrected chi connectivity index (χ0v) is 8.81. The second kappa shape index (κ2) is 4.20. The number of carbonyl (C=O) groups excluding carboxylic acids is 1. The molecule has 88 valence electrons. The Morgan fingerprint density at radius 3 is 2.65 bits per heavy atom. The first-order chi connectivity index (χ1) is 8.13. The predicted octanol–water partition coefficient (Wildman–Crippen LogP) is 0.486. The molecular weight excluding hydrogens is 229 g/mol.